The number of likely N-dealkylation sites (N-methyl/N-ethyl adjacent to an activating group) is 1. The topological polar surface area (TPSA) is 15.6 Å². The molecule has 0 saturated carbocycles. The summed E-state index contributed by atoms with van der Waals surface area (Å²) in [5.41, 5.74) is 2.69. The van der Waals surface area contributed by atoms with E-state index in [0.717, 1.165) is 0 Å². The van der Waals surface area contributed by atoms with Crippen LogP contribution in [0, 0.1) is 5.92 Å². The number of amidine groups is 1. The van der Waals surface area contributed by atoms with Gasteiger partial charge in [0.15, 0.2) is 0 Å². The predicted molar refractivity (Wildman–Crippen MR) is 80.2 cm³/mol. The second kappa shape index (κ2) is 4.69. The molecule has 1 aromatic carbocycles. The number of allylic oxidation sites excluding steroid dienone is 2. The fourth-order valence-electron chi connectivity index (χ4n) is 2.93. The summed E-state index contributed by atoms with van der Waals surface area (Å²) in [5.74, 6) is 1.56. The third kappa shape index (κ3) is 2.01. The summed E-state index contributed by atoms with van der Waals surface area (Å²) in [6, 6.07) is 11.3. The van der Waals surface area contributed by atoms with Gasteiger partial charge in [-0.25, -0.2) is 0 Å². The van der Waals surface area contributed by atoms with E-state index in [4.69, 9.17) is 4.99 Å². The fraction of sp³-hybridized carbons (Fsp3) is 0.353. The molecule has 1 unspecified atom stereocenters. The molecular weight excluding hydrogens is 232 g/mol. The van der Waals surface area contributed by atoms with Gasteiger partial charge in [0, 0.05) is 7.05 Å². The molecule has 0 radical (unpaired) electrons. The van der Waals surface area contributed by atoms with Crippen LogP contribution in [0.4, 0.5) is 0 Å². The van der Waals surface area contributed by atoms with E-state index in [2.05, 4.69) is 74.4 Å². The van der Waals surface area contributed by atoms with Crippen LogP contribution in [-0.2, 0) is 0 Å². The zero-order chi connectivity index (χ0) is 13.4. The molecule has 0 bridgehead atoms. The highest BCUT2D eigenvalue weighted by atomic mass is 15.3. The molecule has 1 aliphatic carbocycles. The van der Waals surface area contributed by atoms with E-state index in [1.54, 1.807) is 0 Å². The maximum Gasteiger partial charge on any atom is 0.111 e. The first kappa shape index (κ1) is 12.2. The number of hydrogen-bond donors (Lipinski definition) is 0. The number of nitrogens with zero attached hydrogens (tertiary/aromatic N) is 2. The van der Waals surface area contributed by atoms with Gasteiger partial charge in [-0.05, 0) is 19.4 Å². The second-order valence-corrected chi connectivity index (χ2v) is 5.47. The van der Waals surface area contributed by atoms with Gasteiger partial charge in [0.05, 0.1) is 18.0 Å². The summed E-state index contributed by atoms with van der Waals surface area (Å²) >= 11 is 0. The number of benzene rings is 1. The van der Waals surface area contributed by atoms with Gasteiger partial charge in [0.2, 0.25) is 0 Å². The lowest BCUT2D eigenvalue weighted by Gasteiger charge is -2.25. The van der Waals surface area contributed by atoms with Crippen molar-refractivity contribution in [2.75, 3.05) is 7.05 Å². The van der Waals surface area contributed by atoms with E-state index in [1.807, 2.05) is 0 Å². The summed E-state index contributed by atoms with van der Waals surface area (Å²) in [6.07, 6.45) is 6.56. The summed E-state index contributed by atoms with van der Waals surface area (Å²) in [6.45, 7) is 4.44. The molecule has 0 fully saturated rings. The van der Waals surface area contributed by atoms with Gasteiger partial charge < -0.3 is 4.90 Å². The van der Waals surface area contributed by atoms with Crippen molar-refractivity contribution < 1.29 is 0 Å². The molecule has 19 heavy (non-hydrogen) atoms. The largest absolute Gasteiger partial charge is 0.357 e. The molecule has 0 aromatic heterocycles. The molecule has 0 N–H and O–H groups in total. The van der Waals surface area contributed by atoms with Crippen LogP contribution in [0.25, 0.3) is 0 Å². The van der Waals surface area contributed by atoms with Crippen molar-refractivity contribution >= 4 is 5.84 Å². The highest BCUT2D eigenvalue weighted by molar-refractivity contribution is 5.91. The van der Waals surface area contributed by atoms with E-state index >= 15 is 0 Å². The van der Waals surface area contributed by atoms with Crippen molar-refractivity contribution in [1.82, 2.24) is 4.90 Å². The van der Waals surface area contributed by atoms with Gasteiger partial charge in [-0.1, -0.05) is 54.1 Å². The highest BCUT2D eigenvalue weighted by Gasteiger charge is 2.35. The van der Waals surface area contributed by atoms with Crippen molar-refractivity contribution in [3.8, 4) is 0 Å². The van der Waals surface area contributed by atoms with E-state index in [0.29, 0.717) is 12.0 Å². The molecule has 2 aliphatic rings. The minimum Gasteiger partial charge on any atom is -0.357 e. The molecule has 2 heteroatoms. The Balaban J connectivity index is 1.94. The summed E-state index contributed by atoms with van der Waals surface area (Å²) in [5, 5.41) is 0. The van der Waals surface area contributed by atoms with Crippen LogP contribution in [0.5, 0.6) is 0 Å². The first-order chi connectivity index (χ1) is 9.18. The van der Waals surface area contributed by atoms with E-state index in [1.165, 1.54) is 17.0 Å². The summed E-state index contributed by atoms with van der Waals surface area (Å²) in [7, 11) is 2.16. The van der Waals surface area contributed by atoms with E-state index in [9.17, 15) is 0 Å². The van der Waals surface area contributed by atoms with Gasteiger partial charge >= 0.3 is 0 Å². The van der Waals surface area contributed by atoms with Gasteiger partial charge in [0.25, 0.3) is 0 Å². The highest BCUT2D eigenvalue weighted by Crippen LogP contribution is 2.34. The first-order valence-corrected chi connectivity index (χ1v) is 6.89. The van der Waals surface area contributed by atoms with Crippen LogP contribution in [0.3, 0.4) is 0 Å². The van der Waals surface area contributed by atoms with E-state index in [-0.39, 0.29) is 6.04 Å². The lowest BCUT2D eigenvalue weighted by atomic mass is 10.0. The molecule has 0 saturated heterocycles. The Morgan fingerprint density at radius 1 is 1.16 bits per heavy atom. The zero-order valence-electron chi connectivity index (χ0n) is 11.7. The third-order valence-electron chi connectivity index (χ3n) is 4.27. The van der Waals surface area contributed by atoms with Crippen LogP contribution < -0.4 is 0 Å². The van der Waals surface area contributed by atoms with Crippen molar-refractivity contribution in [3.05, 3.63) is 59.7 Å². The molecule has 0 amide bonds. The van der Waals surface area contributed by atoms with Crippen LogP contribution >= 0.6 is 0 Å². The maximum absolute atomic E-state index is 5.00. The van der Waals surface area contributed by atoms with E-state index < -0.39 is 0 Å². The lowest BCUT2D eigenvalue weighted by Crippen LogP contribution is -2.35. The van der Waals surface area contributed by atoms with Gasteiger partial charge in [-0.3, -0.25) is 4.99 Å². The smallest absolute Gasteiger partial charge is 0.111 e. The lowest BCUT2D eigenvalue weighted by molar-refractivity contribution is 0.374. The summed E-state index contributed by atoms with van der Waals surface area (Å²) < 4.78 is 0. The van der Waals surface area contributed by atoms with Crippen LogP contribution in [0.15, 0.2) is 59.1 Å². The molecule has 1 heterocycles. The Kier molecular flexibility index (Phi) is 3.02. The average molecular weight is 252 g/mol. The maximum atomic E-state index is 5.00. The van der Waals surface area contributed by atoms with Crippen LogP contribution in [0.1, 0.15) is 25.5 Å². The Morgan fingerprint density at radius 3 is 2.53 bits per heavy atom. The number of rotatable bonds is 2. The fourth-order valence-corrected chi connectivity index (χ4v) is 2.93. The van der Waals surface area contributed by atoms with Gasteiger partial charge in [-0.2, -0.15) is 0 Å². The molecule has 2 nitrogen and oxygen atoms in total. The molecule has 3 rings (SSSR count). The third-order valence-corrected chi connectivity index (χ3v) is 4.27. The van der Waals surface area contributed by atoms with Crippen molar-refractivity contribution in [2.45, 2.75) is 25.9 Å². The van der Waals surface area contributed by atoms with Gasteiger partial charge in [0.1, 0.15) is 5.84 Å². The first-order valence-electron chi connectivity index (χ1n) is 6.89. The van der Waals surface area contributed by atoms with Gasteiger partial charge in [-0.15, -0.1) is 0 Å². The minimum atomic E-state index is 0.253. The summed E-state index contributed by atoms with van der Waals surface area (Å²) in [4.78, 5) is 7.33. The SMILES string of the molecule is CC1=CC=CC1C1=N[C@@H](c2ccccc2)[C@H](C)N1C. The predicted octanol–water partition coefficient (Wildman–Crippen LogP) is 3.59. The molecule has 1 aromatic rings. The Hall–Kier alpha value is -1.83. The molecule has 3 atom stereocenters. The monoisotopic (exact) mass is 252 g/mol. The van der Waals surface area contributed by atoms with Crippen LogP contribution in [-0.4, -0.2) is 23.8 Å². The molecular formula is C17H20N2. The molecule has 1 aliphatic heterocycles. The normalized spacial score (nSPS) is 29.6. The Bertz CT molecular complexity index is 554. The Morgan fingerprint density at radius 2 is 1.89 bits per heavy atom. The molecule has 98 valence electrons. The average Bonchev–Trinajstić information content (AvgIpc) is 2.97. The van der Waals surface area contributed by atoms with Crippen molar-refractivity contribution in [2.24, 2.45) is 10.9 Å². The quantitative estimate of drug-likeness (QED) is 0.785. The zero-order valence-corrected chi connectivity index (χ0v) is 11.7. The second-order valence-electron chi connectivity index (χ2n) is 5.47. The van der Waals surface area contributed by atoms with Crippen molar-refractivity contribution in [1.29, 1.82) is 0 Å². The molecule has 0 spiro atoms. The van der Waals surface area contributed by atoms with Crippen molar-refractivity contribution in [3.63, 3.8) is 0 Å². The minimum absolute atomic E-state index is 0.253. The van der Waals surface area contributed by atoms with Crippen LogP contribution in [0.2, 0.25) is 0 Å². The number of aliphatic imine (C=N–C) groups is 1. The number of hydrogen-bond acceptors (Lipinski definition) is 2. The Labute approximate surface area is 115 Å². The standard InChI is InChI=1S/C17H20N2/c1-12-8-7-11-15(12)17-18-16(13(2)19(17)3)14-9-5-4-6-10-14/h4-11,13,15-16H,1-3H3/t13-,15?,16+/m0/s1.